The van der Waals surface area contributed by atoms with Crippen LogP contribution >= 0.6 is 24.0 Å². The van der Waals surface area contributed by atoms with Crippen molar-refractivity contribution in [3.8, 4) is 0 Å². The van der Waals surface area contributed by atoms with Crippen LogP contribution in [0.15, 0.2) is 4.99 Å². The molecule has 0 spiro atoms. The molecule has 0 radical (unpaired) electrons. The third-order valence-electron chi connectivity index (χ3n) is 3.81. The molecule has 0 aromatic rings. The molecule has 6 heteroatoms. The first kappa shape index (κ1) is 19.9. The Morgan fingerprint density at radius 1 is 1.15 bits per heavy atom. The third kappa shape index (κ3) is 7.64. The van der Waals surface area contributed by atoms with E-state index in [0.717, 1.165) is 32.6 Å². The van der Waals surface area contributed by atoms with Crippen LogP contribution < -0.4 is 5.73 Å². The van der Waals surface area contributed by atoms with Crippen molar-refractivity contribution in [2.24, 2.45) is 10.7 Å². The van der Waals surface area contributed by atoms with Gasteiger partial charge in [0.05, 0.1) is 0 Å². The standard InChI is InChI=1S/C14H31N5.HI/c1-4-19(5-2)14(15)16-8-6-10-18-11-7-9-17(3)12-13-18;/h4-13H2,1-3H3,(H2,15,16);1H. The molecular formula is C14H32IN5. The van der Waals surface area contributed by atoms with E-state index in [0.29, 0.717) is 5.96 Å². The molecule has 0 unspecified atom stereocenters. The minimum atomic E-state index is 0. The van der Waals surface area contributed by atoms with Crippen LogP contribution in [0.5, 0.6) is 0 Å². The summed E-state index contributed by atoms with van der Waals surface area (Å²) in [6.45, 7) is 12.9. The SMILES string of the molecule is CCN(CC)C(N)=NCCCN1CCCN(C)CC1.I. The van der Waals surface area contributed by atoms with Gasteiger partial charge in [0.25, 0.3) is 0 Å². The van der Waals surface area contributed by atoms with Crippen molar-refractivity contribution in [1.82, 2.24) is 14.7 Å². The van der Waals surface area contributed by atoms with Crippen LogP contribution in [0.4, 0.5) is 0 Å². The van der Waals surface area contributed by atoms with Gasteiger partial charge in [-0.15, -0.1) is 24.0 Å². The summed E-state index contributed by atoms with van der Waals surface area (Å²) in [5.74, 6) is 0.695. The zero-order chi connectivity index (χ0) is 14.1. The van der Waals surface area contributed by atoms with Gasteiger partial charge in [0.2, 0.25) is 0 Å². The Morgan fingerprint density at radius 2 is 1.85 bits per heavy atom. The molecule has 1 aliphatic rings. The first-order valence-electron chi connectivity index (χ1n) is 7.63. The van der Waals surface area contributed by atoms with Crippen molar-refractivity contribution >= 4 is 29.9 Å². The zero-order valence-electron chi connectivity index (χ0n) is 13.3. The van der Waals surface area contributed by atoms with Crippen LogP contribution in [0, 0.1) is 0 Å². The Morgan fingerprint density at radius 3 is 2.50 bits per heavy atom. The van der Waals surface area contributed by atoms with E-state index in [1.807, 2.05) is 0 Å². The molecule has 1 aliphatic heterocycles. The highest BCUT2D eigenvalue weighted by Gasteiger charge is 2.11. The van der Waals surface area contributed by atoms with Crippen molar-refractivity contribution in [3.63, 3.8) is 0 Å². The van der Waals surface area contributed by atoms with Crippen LogP contribution in [-0.2, 0) is 0 Å². The van der Waals surface area contributed by atoms with Crippen molar-refractivity contribution in [2.45, 2.75) is 26.7 Å². The van der Waals surface area contributed by atoms with E-state index in [1.54, 1.807) is 0 Å². The largest absolute Gasteiger partial charge is 0.370 e. The smallest absolute Gasteiger partial charge is 0.191 e. The number of nitrogens with two attached hydrogens (primary N) is 1. The van der Waals surface area contributed by atoms with Gasteiger partial charge >= 0.3 is 0 Å². The Bertz CT molecular complexity index is 268. The van der Waals surface area contributed by atoms with E-state index < -0.39 is 0 Å². The second kappa shape index (κ2) is 11.6. The molecular weight excluding hydrogens is 365 g/mol. The quantitative estimate of drug-likeness (QED) is 0.318. The average molecular weight is 397 g/mol. The molecule has 0 aliphatic carbocycles. The molecule has 0 bridgehead atoms. The van der Waals surface area contributed by atoms with Crippen LogP contribution in [-0.4, -0.2) is 80.1 Å². The third-order valence-corrected chi connectivity index (χ3v) is 3.81. The van der Waals surface area contributed by atoms with Crippen LogP contribution in [0.25, 0.3) is 0 Å². The fraction of sp³-hybridized carbons (Fsp3) is 0.929. The summed E-state index contributed by atoms with van der Waals surface area (Å²) < 4.78 is 0. The van der Waals surface area contributed by atoms with E-state index in [2.05, 4.69) is 40.6 Å². The van der Waals surface area contributed by atoms with Gasteiger partial charge in [-0.1, -0.05) is 0 Å². The number of hydrogen-bond acceptors (Lipinski definition) is 3. The Hall–Kier alpha value is -0.0800. The number of likely N-dealkylation sites (N-methyl/N-ethyl adjacent to an activating group) is 1. The van der Waals surface area contributed by atoms with E-state index >= 15 is 0 Å². The normalized spacial score (nSPS) is 18.4. The first-order valence-corrected chi connectivity index (χ1v) is 7.63. The molecule has 1 saturated heterocycles. The van der Waals surface area contributed by atoms with Gasteiger partial charge in [0, 0.05) is 32.7 Å². The molecule has 0 amide bonds. The maximum atomic E-state index is 5.96. The lowest BCUT2D eigenvalue weighted by Gasteiger charge is -2.21. The number of aliphatic imine (C=N–C) groups is 1. The van der Waals surface area contributed by atoms with Crippen molar-refractivity contribution in [3.05, 3.63) is 0 Å². The van der Waals surface area contributed by atoms with E-state index in [4.69, 9.17) is 5.73 Å². The lowest BCUT2D eigenvalue weighted by atomic mass is 10.3. The van der Waals surface area contributed by atoms with Crippen LogP contribution in [0.3, 0.4) is 0 Å². The van der Waals surface area contributed by atoms with Crippen LogP contribution in [0.2, 0.25) is 0 Å². The molecule has 5 nitrogen and oxygen atoms in total. The number of hydrogen-bond donors (Lipinski definition) is 1. The van der Waals surface area contributed by atoms with Gasteiger partial charge in [0.15, 0.2) is 5.96 Å². The Labute approximate surface area is 141 Å². The Kier molecular flexibility index (Phi) is 11.5. The highest BCUT2D eigenvalue weighted by Crippen LogP contribution is 2.02. The topological polar surface area (TPSA) is 48.1 Å². The molecule has 0 aromatic heterocycles. The number of guanidine groups is 1. The van der Waals surface area contributed by atoms with E-state index in [-0.39, 0.29) is 24.0 Å². The van der Waals surface area contributed by atoms with Gasteiger partial charge in [-0.05, 0) is 53.4 Å². The molecule has 0 atom stereocenters. The monoisotopic (exact) mass is 397 g/mol. The molecule has 1 rings (SSSR count). The first-order chi connectivity index (χ1) is 9.17. The summed E-state index contributed by atoms with van der Waals surface area (Å²) in [5, 5.41) is 0. The Balaban J connectivity index is 0.00000361. The lowest BCUT2D eigenvalue weighted by molar-refractivity contribution is 0.275. The van der Waals surface area contributed by atoms with Gasteiger partial charge < -0.3 is 20.4 Å². The molecule has 20 heavy (non-hydrogen) atoms. The zero-order valence-corrected chi connectivity index (χ0v) is 15.7. The molecule has 1 fully saturated rings. The number of halogens is 1. The summed E-state index contributed by atoms with van der Waals surface area (Å²) in [5.41, 5.74) is 5.96. The lowest BCUT2D eigenvalue weighted by Crippen LogP contribution is -2.37. The van der Waals surface area contributed by atoms with Gasteiger partial charge in [-0.3, -0.25) is 4.99 Å². The molecule has 2 N–H and O–H groups in total. The summed E-state index contributed by atoms with van der Waals surface area (Å²) >= 11 is 0. The highest BCUT2D eigenvalue weighted by molar-refractivity contribution is 14.0. The van der Waals surface area contributed by atoms with Crippen LogP contribution in [0.1, 0.15) is 26.7 Å². The molecule has 0 aromatic carbocycles. The van der Waals surface area contributed by atoms with Gasteiger partial charge in [-0.2, -0.15) is 0 Å². The van der Waals surface area contributed by atoms with Gasteiger partial charge in [-0.25, -0.2) is 0 Å². The predicted octanol–water partition coefficient (Wildman–Crippen LogP) is 1.29. The van der Waals surface area contributed by atoms with E-state index in [9.17, 15) is 0 Å². The van der Waals surface area contributed by atoms with Gasteiger partial charge in [0.1, 0.15) is 0 Å². The van der Waals surface area contributed by atoms with Crippen molar-refractivity contribution < 1.29 is 0 Å². The molecule has 1 heterocycles. The minimum absolute atomic E-state index is 0. The van der Waals surface area contributed by atoms with E-state index in [1.165, 1.54) is 32.6 Å². The summed E-state index contributed by atoms with van der Waals surface area (Å²) in [4.78, 5) is 11.5. The summed E-state index contributed by atoms with van der Waals surface area (Å²) in [6.07, 6.45) is 2.38. The average Bonchev–Trinajstić information content (AvgIpc) is 2.61. The summed E-state index contributed by atoms with van der Waals surface area (Å²) in [7, 11) is 2.21. The van der Waals surface area contributed by atoms with Crippen molar-refractivity contribution in [1.29, 1.82) is 0 Å². The fourth-order valence-corrected chi connectivity index (χ4v) is 2.46. The highest BCUT2D eigenvalue weighted by atomic mass is 127. The fourth-order valence-electron chi connectivity index (χ4n) is 2.46. The minimum Gasteiger partial charge on any atom is -0.370 e. The van der Waals surface area contributed by atoms with Crippen molar-refractivity contribution in [2.75, 3.05) is 59.4 Å². The molecule has 120 valence electrons. The second-order valence-electron chi connectivity index (χ2n) is 5.26. The number of nitrogens with zero attached hydrogens (tertiary/aromatic N) is 4. The second-order valence-corrected chi connectivity index (χ2v) is 5.26. The number of rotatable bonds is 6. The maximum absolute atomic E-state index is 5.96. The maximum Gasteiger partial charge on any atom is 0.191 e. The summed E-state index contributed by atoms with van der Waals surface area (Å²) in [6, 6.07) is 0. The molecule has 0 saturated carbocycles. The predicted molar refractivity (Wildman–Crippen MR) is 98.0 cm³/mol.